The van der Waals surface area contributed by atoms with Crippen LogP contribution in [-0.2, 0) is 22.7 Å². The Morgan fingerprint density at radius 1 is 0.679 bits per heavy atom. The van der Waals surface area contributed by atoms with E-state index in [1.54, 1.807) is 0 Å². The van der Waals surface area contributed by atoms with Crippen molar-refractivity contribution in [1.29, 1.82) is 0 Å². The molecule has 0 unspecified atom stereocenters. The minimum absolute atomic E-state index is 0.286. The van der Waals surface area contributed by atoms with Gasteiger partial charge in [0, 0.05) is 0 Å². The number of ether oxygens (including phenoxy) is 2. The van der Waals surface area contributed by atoms with E-state index in [1.807, 2.05) is 60.7 Å². The molecule has 0 aliphatic carbocycles. The third kappa shape index (κ3) is 10.4. The first-order chi connectivity index (χ1) is 13.7. The molecule has 0 saturated carbocycles. The van der Waals surface area contributed by atoms with E-state index >= 15 is 0 Å². The number of benzene rings is 2. The molecular weight excluding hydrogens is 490 g/mol. The molecule has 0 fully saturated rings. The molecule has 0 aromatic heterocycles. The van der Waals surface area contributed by atoms with E-state index < -0.39 is 0 Å². The summed E-state index contributed by atoms with van der Waals surface area (Å²) in [6, 6.07) is 19.2. The Bertz CT molecular complexity index is 640. The zero-order valence-corrected chi connectivity index (χ0v) is 18.9. The summed E-state index contributed by atoms with van der Waals surface area (Å²) >= 11 is 0.963. The Balaban J connectivity index is 1.39. The topological polar surface area (TPSA) is 76.7 Å². The summed E-state index contributed by atoms with van der Waals surface area (Å²) in [7, 11) is 0. The number of alkyl carbamates (subject to hydrolysis) is 2. The molecule has 0 spiro atoms. The second-order valence-electron chi connectivity index (χ2n) is 5.62. The maximum atomic E-state index is 11.6. The maximum absolute atomic E-state index is 11.6. The van der Waals surface area contributed by atoms with Gasteiger partial charge in [0.1, 0.15) is 0 Å². The zero-order valence-electron chi connectivity index (χ0n) is 15.5. The van der Waals surface area contributed by atoms with Gasteiger partial charge in [-0.05, 0) is 0 Å². The van der Waals surface area contributed by atoms with E-state index in [1.165, 1.54) is 0 Å². The molecule has 2 aromatic carbocycles. The first kappa shape index (κ1) is 22.3. The van der Waals surface area contributed by atoms with Crippen LogP contribution in [0.1, 0.15) is 11.1 Å². The van der Waals surface area contributed by atoms with Gasteiger partial charge in [-0.15, -0.1) is 0 Å². The SMILES string of the molecule is O=C(NCC[Se][Se]CCNC(=O)OCc1ccccc1)OCc1ccccc1. The first-order valence-electron chi connectivity index (χ1n) is 8.87. The van der Waals surface area contributed by atoms with Crippen LogP contribution in [0.25, 0.3) is 0 Å². The molecule has 2 rings (SSSR count). The summed E-state index contributed by atoms with van der Waals surface area (Å²) in [6.45, 7) is 1.82. The van der Waals surface area contributed by atoms with Gasteiger partial charge in [-0.25, -0.2) is 0 Å². The Morgan fingerprint density at radius 3 is 1.46 bits per heavy atom. The second-order valence-corrected chi connectivity index (χ2v) is 13.5. The van der Waals surface area contributed by atoms with Crippen LogP contribution in [0.15, 0.2) is 60.7 Å². The van der Waals surface area contributed by atoms with Crippen LogP contribution in [0.4, 0.5) is 9.59 Å². The normalized spacial score (nSPS) is 10.1. The van der Waals surface area contributed by atoms with Gasteiger partial charge in [-0.1, -0.05) is 0 Å². The Morgan fingerprint density at radius 2 is 1.07 bits per heavy atom. The van der Waals surface area contributed by atoms with Gasteiger partial charge < -0.3 is 0 Å². The van der Waals surface area contributed by atoms with Gasteiger partial charge >= 0.3 is 177 Å². The van der Waals surface area contributed by atoms with Crippen molar-refractivity contribution >= 4 is 38.4 Å². The number of hydrogen-bond acceptors (Lipinski definition) is 4. The Labute approximate surface area is 176 Å². The molecule has 0 aliphatic heterocycles. The Hall–Kier alpha value is -1.98. The number of nitrogens with one attached hydrogen (secondary N) is 2. The first-order valence-corrected chi connectivity index (χ1v) is 15.6. The summed E-state index contributed by atoms with van der Waals surface area (Å²) < 4.78 is 10.3. The molecule has 0 heterocycles. The van der Waals surface area contributed by atoms with E-state index in [2.05, 4.69) is 10.6 Å². The van der Waals surface area contributed by atoms with Gasteiger partial charge in [-0.3, -0.25) is 0 Å². The third-order valence-corrected chi connectivity index (χ3v) is 10.8. The third-order valence-electron chi connectivity index (χ3n) is 3.42. The Kier molecular flexibility index (Phi) is 11.2. The van der Waals surface area contributed by atoms with Crippen molar-refractivity contribution in [2.45, 2.75) is 23.9 Å². The fourth-order valence-electron chi connectivity index (χ4n) is 2.06. The molecule has 28 heavy (non-hydrogen) atoms. The van der Waals surface area contributed by atoms with Crippen LogP contribution in [0, 0.1) is 0 Å². The number of rotatable bonds is 11. The minimum atomic E-state index is -0.380. The van der Waals surface area contributed by atoms with Gasteiger partial charge in [-0.2, -0.15) is 0 Å². The summed E-state index contributed by atoms with van der Waals surface area (Å²) in [6.07, 6.45) is -0.759. The van der Waals surface area contributed by atoms with E-state index in [0.717, 1.165) is 21.8 Å². The van der Waals surface area contributed by atoms with Crippen molar-refractivity contribution in [3.05, 3.63) is 71.8 Å². The van der Waals surface area contributed by atoms with E-state index in [0.29, 0.717) is 39.4 Å². The molecule has 0 aliphatic rings. The molecule has 150 valence electrons. The molecule has 6 nitrogen and oxygen atoms in total. The van der Waals surface area contributed by atoms with Crippen LogP contribution in [-0.4, -0.2) is 51.5 Å². The standard InChI is InChI=1S/C20H24N2O4Se2/c23-19(25-15-17-7-3-1-4-8-17)21-11-13-27-28-14-12-22-20(24)26-16-18-9-5-2-6-10-18/h1-10H,11-16H2,(H,21,23)(H,22,24). The van der Waals surface area contributed by atoms with Crippen LogP contribution >= 0.6 is 0 Å². The van der Waals surface area contributed by atoms with Crippen LogP contribution < -0.4 is 10.6 Å². The number of carbonyl (C=O) groups is 2. The van der Waals surface area contributed by atoms with E-state index in [-0.39, 0.29) is 25.4 Å². The van der Waals surface area contributed by atoms with Gasteiger partial charge in [0.2, 0.25) is 0 Å². The van der Waals surface area contributed by atoms with E-state index in [4.69, 9.17) is 9.47 Å². The number of carbonyl (C=O) groups excluding carboxylic acids is 2. The molecule has 0 radical (unpaired) electrons. The average Bonchev–Trinajstić information content (AvgIpc) is 2.74. The molecular formula is C20H24N2O4Se2. The zero-order chi connectivity index (χ0) is 19.9. The molecule has 0 atom stereocenters. The summed E-state index contributed by atoms with van der Waals surface area (Å²) in [5, 5.41) is 7.47. The summed E-state index contributed by atoms with van der Waals surface area (Å²) in [4.78, 5) is 23.2. The van der Waals surface area contributed by atoms with E-state index in [9.17, 15) is 9.59 Å². The monoisotopic (exact) mass is 516 g/mol. The molecule has 8 heteroatoms. The molecule has 0 bridgehead atoms. The fourth-order valence-corrected chi connectivity index (χ4v) is 7.71. The fraction of sp³-hybridized carbons (Fsp3) is 0.300. The number of hydrogen-bond donors (Lipinski definition) is 2. The van der Waals surface area contributed by atoms with Crippen molar-refractivity contribution in [3.8, 4) is 0 Å². The summed E-state index contributed by atoms with van der Waals surface area (Å²) in [5.74, 6) is 0. The molecule has 0 saturated heterocycles. The average molecular weight is 514 g/mol. The molecule has 2 N–H and O–H groups in total. The van der Waals surface area contributed by atoms with Crippen molar-refractivity contribution < 1.29 is 19.1 Å². The van der Waals surface area contributed by atoms with Crippen molar-refractivity contribution in [1.82, 2.24) is 10.6 Å². The van der Waals surface area contributed by atoms with Crippen molar-refractivity contribution in [2.75, 3.05) is 13.1 Å². The van der Waals surface area contributed by atoms with Gasteiger partial charge in [0.05, 0.1) is 0 Å². The summed E-state index contributed by atoms with van der Waals surface area (Å²) in [5.41, 5.74) is 1.94. The molecule has 2 aromatic rings. The van der Waals surface area contributed by atoms with Crippen molar-refractivity contribution in [2.24, 2.45) is 0 Å². The second kappa shape index (κ2) is 14.1. The van der Waals surface area contributed by atoms with Crippen LogP contribution in [0.5, 0.6) is 0 Å². The van der Waals surface area contributed by atoms with Crippen LogP contribution in [0.2, 0.25) is 10.6 Å². The predicted octanol–water partition coefficient (Wildman–Crippen LogP) is 3.00. The quantitative estimate of drug-likeness (QED) is 0.357. The predicted molar refractivity (Wildman–Crippen MR) is 110 cm³/mol. The van der Waals surface area contributed by atoms with Crippen molar-refractivity contribution in [3.63, 3.8) is 0 Å². The van der Waals surface area contributed by atoms with Gasteiger partial charge in [0.25, 0.3) is 0 Å². The number of amides is 2. The molecule has 2 amide bonds. The van der Waals surface area contributed by atoms with Crippen LogP contribution in [0.3, 0.4) is 0 Å². The van der Waals surface area contributed by atoms with Gasteiger partial charge in [0.15, 0.2) is 0 Å².